The second kappa shape index (κ2) is 8.82. The summed E-state index contributed by atoms with van der Waals surface area (Å²) in [4.78, 5) is 37.1. The molecule has 0 aliphatic carbocycles. The zero-order valence-electron chi connectivity index (χ0n) is 16.5. The Morgan fingerprint density at radius 1 is 1.25 bits per heavy atom. The van der Waals surface area contributed by atoms with E-state index in [1.54, 1.807) is 12.1 Å². The van der Waals surface area contributed by atoms with Crippen LogP contribution >= 0.6 is 0 Å². The summed E-state index contributed by atoms with van der Waals surface area (Å²) in [5.74, 6) is -0.507. The molecule has 152 valence electrons. The van der Waals surface area contributed by atoms with E-state index in [-0.39, 0.29) is 41.7 Å². The standard InChI is InChI=1S/C21H28FN3O3/c1-13(2)19(26)12-25-9-7-14(8-10-25)16-4-3-15(11-17(16)22)23-18-5-6-20(27)24-21(18)28/h3-4,11,13-14,18,23H,5-10,12H2,1-2H3,(H,24,27,28). The SMILES string of the molecule is CC(C)C(=O)CN1CCC(c2ccc(NC3CCC(=O)NC3=O)cc2F)CC1. The third kappa shape index (κ3) is 4.95. The Morgan fingerprint density at radius 3 is 2.57 bits per heavy atom. The number of carbonyl (C=O) groups is 3. The highest BCUT2D eigenvalue weighted by Gasteiger charge is 2.27. The lowest BCUT2D eigenvalue weighted by molar-refractivity contribution is -0.133. The summed E-state index contributed by atoms with van der Waals surface area (Å²) in [5.41, 5.74) is 1.22. The van der Waals surface area contributed by atoms with E-state index >= 15 is 0 Å². The molecular formula is C21H28FN3O3. The molecule has 2 fully saturated rings. The molecule has 0 saturated carbocycles. The molecule has 6 nitrogen and oxygen atoms in total. The first-order chi connectivity index (χ1) is 13.3. The Morgan fingerprint density at radius 2 is 1.96 bits per heavy atom. The van der Waals surface area contributed by atoms with Crippen molar-refractivity contribution in [2.45, 2.75) is 51.5 Å². The Bertz CT molecular complexity index is 757. The predicted octanol–water partition coefficient (Wildman–Crippen LogP) is 2.45. The predicted molar refractivity (Wildman–Crippen MR) is 104 cm³/mol. The van der Waals surface area contributed by atoms with Gasteiger partial charge in [-0.05, 0) is 56.0 Å². The smallest absolute Gasteiger partial charge is 0.249 e. The van der Waals surface area contributed by atoms with Crippen molar-refractivity contribution < 1.29 is 18.8 Å². The molecule has 2 saturated heterocycles. The highest BCUT2D eigenvalue weighted by atomic mass is 19.1. The van der Waals surface area contributed by atoms with Crippen molar-refractivity contribution in [2.75, 3.05) is 25.0 Å². The van der Waals surface area contributed by atoms with Crippen molar-refractivity contribution in [3.8, 4) is 0 Å². The van der Waals surface area contributed by atoms with Crippen LogP contribution in [0.1, 0.15) is 51.0 Å². The lowest BCUT2D eigenvalue weighted by atomic mass is 9.88. The molecule has 1 atom stereocenters. The summed E-state index contributed by atoms with van der Waals surface area (Å²) in [6, 6.07) is 4.47. The first kappa shape index (κ1) is 20.5. The highest BCUT2D eigenvalue weighted by molar-refractivity contribution is 6.01. The molecule has 2 aliphatic heterocycles. The van der Waals surface area contributed by atoms with Crippen LogP contribution in [0.25, 0.3) is 0 Å². The number of nitrogens with zero attached hydrogens (tertiary/aromatic N) is 1. The van der Waals surface area contributed by atoms with Gasteiger partial charge in [-0.15, -0.1) is 0 Å². The van der Waals surface area contributed by atoms with E-state index in [1.807, 2.05) is 13.8 Å². The zero-order chi connectivity index (χ0) is 20.3. The van der Waals surface area contributed by atoms with Gasteiger partial charge in [-0.2, -0.15) is 0 Å². The topological polar surface area (TPSA) is 78.5 Å². The number of hydrogen-bond donors (Lipinski definition) is 2. The normalized spacial score (nSPS) is 21.6. The Balaban J connectivity index is 1.57. The van der Waals surface area contributed by atoms with Crippen LogP contribution in [-0.4, -0.2) is 48.2 Å². The van der Waals surface area contributed by atoms with E-state index in [1.165, 1.54) is 6.07 Å². The fourth-order valence-electron chi connectivity index (χ4n) is 3.79. The van der Waals surface area contributed by atoms with E-state index in [4.69, 9.17) is 0 Å². The zero-order valence-corrected chi connectivity index (χ0v) is 16.5. The number of carbonyl (C=O) groups excluding carboxylic acids is 3. The largest absolute Gasteiger partial charge is 0.374 e. The van der Waals surface area contributed by atoms with Gasteiger partial charge in [-0.3, -0.25) is 24.6 Å². The summed E-state index contributed by atoms with van der Waals surface area (Å²) in [5, 5.41) is 5.30. The lowest BCUT2D eigenvalue weighted by Crippen LogP contribution is -2.47. The molecule has 2 amide bonds. The third-order valence-electron chi connectivity index (χ3n) is 5.63. The van der Waals surface area contributed by atoms with E-state index in [0.29, 0.717) is 24.2 Å². The van der Waals surface area contributed by atoms with Crippen LogP contribution in [0.15, 0.2) is 18.2 Å². The summed E-state index contributed by atoms with van der Waals surface area (Å²) in [6.07, 6.45) is 2.33. The summed E-state index contributed by atoms with van der Waals surface area (Å²) < 4.78 is 14.7. The van der Waals surface area contributed by atoms with Crippen molar-refractivity contribution in [1.82, 2.24) is 10.2 Å². The molecule has 0 bridgehead atoms. The van der Waals surface area contributed by atoms with Crippen LogP contribution < -0.4 is 10.6 Å². The minimum Gasteiger partial charge on any atom is -0.374 e. The Hall–Kier alpha value is -2.28. The van der Waals surface area contributed by atoms with Gasteiger partial charge in [-0.1, -0.05) is 19.9 Å². The fourth-order valence-corrected chi connectivity index (χ4v) is 3.79. The van der Waals surface area contributed by atoms with E-state index in [9.17, 15) is 18.8 Å². The van der Waals surface area contributed by atoms with Crippen LogP contribution in [0.4, 0.5) is 10.1 Å². The van der Waals surface area contributed by atoms with Gasteiger partial charge >= 0.3 is 0 Å². The molecule has 1 unspecified atom stereocenters. The number of piperidine rings is 2. The van der Waals surface area contributed by atoms with Gasteiger partial charge in [0.1, 0.15) is 17.6 Å². The quantitative estimate of drug-likeness (QED) is 0.731. The molecule has 2 N–H and O–H groups in total. The molecular weight excluding hydrogens is 361 g/mol. The van der Waals surface area contributed by atoms with Crippen LogP contribution in [0.5, 0.6) is 0 Å². The second-order valence-corrected chi connectivity index (χ2v) is 8.06. The van der Waals surface area contributed by atoms with Crippen LogP contribution in [0, 0.1) is 11.7 Å². The Labute approximate surface area is 164 Å². The summed E-state index contributed by atoms with van der Waals surface area (Å²) in [7, 11) is 0. The third-order valence-corrected chi connectivity index (χ3v) is 5.63. The number of hydrogen-bond acceptors (Lipinski definition) is 5. The van der Waals surface area contributed by atoms with Gasteiger partial charge in [0, 0.05) is 18.0 Å². The summed E-state index contributed by atoms with van der Waals surface area (Å²) >= 11 is 0. The number of amides is 2. The van der Waals surface area contributed by atoms with E-state index in [0.717, 1.165) is 25.9 Å². The molecule has 0 radical (unpaired) electrons. The maximum Gasteiger partial charge on any atom is 0.249 e. The molecule has 1 aromatic carbocycles. The van der Waals surface area contributed by atoms with Crippen LogP contribution in [-0.2, 0) is 14.4 Å². The monoisotopic (exact) mass is 389 g/mol. The van der Waals surface area contributed by atoms with Gasteiger partial charge in [0.25, 0.3) is 0 Å². The van der Waals surface area contributed by atoms with Gasteiger partial charge in [0.2, 0.25) is 11.8 Å². The molecule has 28 heavy (non-hydrogen) atoms. The van der Waals surface area contributed by atoms with Crippen molar-refractivity contribution in [1.29, 1.82) is 0 Å². The van der Waals surface area contributed by atoms with Gasteiger partial charge < -0.3 is 5.32 Å². The Kier molecular flexibility index (Phi) is 6.44. The number of nitrogens with one attached hydrogen (secondary N) is 2. The average molecular weight is 389 g/mol. The van der Waals surface area contributed by atoms with E-state index in [2.05, 4.69) is 15.5 Å². The molecule has 2 heterocycles. The van der Waals surface area contributed by atoms with Crippen molar-refractivity contribution >= 4 is 23.3 Å². The maximum absolute atomic E-state index is 14.7. The fraction of sp³-hybridized carbons (Fsp3) is 0.571. The number of rotatable bonds is 6. The van der Waals surface area contributed by atoms with E-state index < -0.39 is 6.04 Å². The second-order valence-electron chi connectivity index (χ2n) is 8.06. The number of imide groups is 1. The number of benzene rings is 1. The minimum atomic E-state index is -0.523. The number of anilines is 1. The minimum absolute atomic E-state index is 0.0413. The summed E-state index contributed by atoms with van der Waals surface area (Å²) in [6.45, 7) is 5.88. The van der Waals surface area contributed by atoms with Crippen molar-refractivity contribution in [3.63, 3.8) is 0 Å². The molecule has 0 spiro atoms. The van der Waals surface area contributed by atoms with Gasteiger partial charge in [-0.25, -0.2) is 4.39 Å². The number of ketones is 1. The number of halogens is 1. The first-order valence-corrected chi connectivity index (χ1v) is 9.98. The highest BCUT2D eigenvalue weighted by Crippen LogP contribution is 2.31. The lowest BCUT2D eigenvalue weighted by Gasteiger charge is -2.32. The average Bonchev–Trinajstić information content (AvgIpc) is 2.65. The molecule has 7 heteroatoms. The van der Waals surface area contributed by atoms with Crippen LogP contribution in [0.2, 0.25) is 0 Å². The molecule has 1 aromatic rings. The number of likely N-dealkylation sites (tertiary alicyclic amines) is 1. The number of Topliss-reactive ketones (excluding diaryl/α,β-unsaturated/α-hetero) is 1. The molecule has 3 rings (SSSR count). The van der Waals surface area contributed by atoms with Crippen molar-refractivity contribution in [2.24, 2.45) is 5.92 Å². The van der Waals surface area contributed by atoms with Gasteiger partial charge in [0.15, 0.2) is 0 Å². The van der Waals surface area contributed by atoms with Crippen molar-refractivity contribution in [3.05, 3.63) is 29.6 Å². The first-order valence-electron chi connectivity index (χ1n) is 9.98. The van der Waals surface area contributed by atoms with Gasteiger partial charge in [0.05, 0.1) is 6.54 Å². The molecule has 0 aromatic heterocycles. The van der Waals surface area contributed by atoms with Crippen LogP contribution in [0.3, 0.4) is 0 Å². The maximum atomic E-state index is 14.7. The molecule has 2 aliphatic rings.